The Morgan fingerprint density at radius 1 is 1.14 bits per heavy atom. The van der Waals surface area contributed by atoms with E-state index in [0.29, 0.717) is 29.5 Å². The van der Waals surface area contributed by atoms with Crippen LogP contribution in [0.3, 0.4) is 0 Å². The Morgan fingerprint density at radius 2 is 1.86 bits per heavy atom. The minimum atomic E-state index is -3.35. The summed E-state index contributed by atoms with van der Waals surface area (Å²) in [5.41, 5.74) is 0.947. The first kappa shape index (κ1) is 26.1. The first-order chi connectivity index (χ1) is 16.7. The summed E-state index contributed by atoms with van der Waals surface area (Å²) in [4.78, 5) is 12.7. The maximum Gasteiger partial charge on any atom is 0.225 e. The average Bonchev–Trinajstić information content (AvgIpc) is 3.20. The Hall–Kier alpha value is -1.94. The lowest BCUT2D eigenvalue weighted by atomic mass is 9.86. The molecule has 1 aromatic carbocycles. The van der Waals surface area contributed by atoms with Crippen molar-refractivity contribution in [2.75, 3.05) is 30.9 Å². The van der Waals surface area contributed by atoms with E-state index in [9.17, 15) is 8.42 Å². The maximum atomic E-state index is 12.4. The van der Waals surface area contributed by atoms with Crippen LogP contribution in [0.2, 0.25) is 5.02 Å². The van der Waals surface area contributed by atoms with Gasteiger partial charge in [0.15, 0.2) is 9.84 Å². The number of para-hydroxylation sites is 1. The molecule has 3 aromatic rings. The molecule has 0 atom stereocenters. The Kier molecular flexibility index (Phi) is 8.20. The van der Waals surface area contributed by atoms with Crippen molar-refractivity contribution in [3.63, 3.8) is 0 Å². The van der Waals surface area contributed by atoms with E-state index in [2.05, 4.69) is 16.7 Å². The number of thiophene rings is 1. The number of anilines is 2. The van der Waals surface area contributed by atoms with Gasteiger partial charge in [0.05, 0.1) is 20.7 Å². The van der Waals surface area contributed by atoms with E-state index in [1.165, 1.54) is 11.3 Å². The van der Waals surface area contributed by atoms with Crippen LogP contribution in [0.1, 0.15) is 44.4 Å². The van der Waals surface area contributed by atoms with E-state index in [-0.39, 0.29) is 4.90 Å². The first-order valence-electron chi connectivity index (χ1n) is 12.1. The normalized spacial score (nSPS) is 18.8. The van der Waals surface area contributed by atoms with E-state index < -0.39 is 15.1 Å². The Bertz CT molecular complexity index is 1270. The van der Waals surface area contributed by atoms with Gasteiger partial charge in [-0.1, -0.05) is 23.7 Å². The third-order valence-electron chi connectivity index (χ3n) is 6.60. The van der Waals surface area contributed by atoms with Crippen LogP contribution in [0.25, 0.3) is 10.9 Å². The number of hydrogen-bond acceptors (Lipinski definition) is 8. The van der Waals surface area contributed by atoms with Crippen LogP contribution in [0.15, 0.2) is 34.5 Å². The van der Waals surface area contributed by atoms with Gasteiger partial charge in [-0.15, -0.1) is 11.3 Å². The molecule has 4 rings (SSSR count). The molecule has 2 heterocycles. The lowest BCUT2D eigenvalue weighted by Crippen LogP contribution is -2.31. The van der Waals surface area contributed by atoms with Gasteiger partial charge in [-0.05, 0) is 64.1 Å². The number of aromatic nitrogens is 2. The number of rotatable bonds is 9. The van der Waals surface area contributed by atoms with Crippen LogP contribution in [0.4, 0.5) is 11.8 Å². The fourth-order valence-electron chi connectivity index (χ4n) is 4.48. The molecule has 2 aromatic heterocycles. The van der Waals surface area contributed by atoms with Gasteiger partial charge in [0, 0.05) is 42.3 Å². The molecule has 1 aliphatic rings. The van der Waals surface area contributed by atoms with Crippen LogP contribution in [-0.2, 0) is 16.4 Å². The predicted molar refractivity (Wildman–Crippen MR) is 147 cm³/mol. The molecular formula is C25H34ClN5O2S2. The molecule has 0 unspecified atom stereocenters. The highest BCUT2D eigenvalue weighted by Crippen LogP contribution is 2.34. The number of nitrogens with one attached hydrogen (secondary N) is 2. The zero-order valence-electron chi connectivity index (χ0n) is 20.7. The molecule has 1 aliphatic carbocycles. The summed E-state index contributed by atoms with van der Waals surface area (Å²) in [6, 6.07) is 8.46. The lowest BCUT2D eigenvalue weighted by Gasteiger charge is -2.29. The minimum absolute atomic E-state index is 0.260. The summed E-state index contributed by atoms with van der Waals surface area (Å²) in [5, 5.41) is 9.67. The summed E-state index contributed by atoms with van der Waals surface area (Å²) in [5.74, 6) is 2.20. The number of fused-ring (bicyclic) bond motifs is 1. The largest absolute Gasteiger partial charge is 0.362 e. The smallest absolute Gasteiger partial charge is 0.225 e. The van der Waals surface area contributed by atoms with Crippen LogP contribution in [-0.4, -0.2) is 50.3 Å². The Balaban J connectivity index is 1.28. The molecule has 0 amide bonds. The van der Waals surface area contributed by atoms with Gasteiger partial charge in [0.1, 0.15) is 5.82 Å². The van der Waals surface area contributed by atoms with E-state index >= 15 is 0 Å². The van der Waals surface area contributed by atoms with E-state index in [1.807, 2.05) is 37.2 Å². The molecule has 10 heteroatoms. The van der Waals surface area contributed by atoms with Gasteiger partial charge in [-0.2, -0.15) is 4.98 Å². The molecular weight excluding hydrogens is 502 g/mol. The number of nitrogens with zero attached hydrogens (tertiary/aromatic N) is 3. The van der Waals surface area contributed by atoms with Crippen LogP contribution >= 0.6 is 22.9 Å². The molecule has 0 aliphatic heterocycles. The van der Waals surface area contributed by atoms with Crippen molar-refractivity contribution in [1.82, 2.24) is 15.3 Å². The van der Waals surface area contributed by atoms with E-state index in [4.69, 9.17) is 21.6 Å². The maximum absolute atomic E-state index is 12.4. The van der Waals surface area contributed by atoms with Gasteiger partial charge < -0.3 is 15.5 Å². The molecule has 7 nitrogen and oxygen atoms in total. The van der Waals surface area contributed by atoms with Gasteiger partial charge in [-0.3, -0.25) is 0 Å². The molecule has 0 radical (unpaired) electrons. The summed E-state index contributed by atoms with van der Waals surface area (Å²) in [6.07, 6.45) is 4.36. The summed E-state index contributed by atoms with van der Waals surface area (Å²) in [6.45, 7) is 4.84. The monoisotopic (exact) mass is 535 g/mol. The van der Waals surface area contributed by atoms with Crippen LogP contribution in [0, 0.1) is 5.92 Å². The van der Waals surface area contributed by atoms with Gasteiger partial charge in [0.25, 0.3) is 0 Å². The van der Waals surface area contributed by atoms with Crippen molar-refractivity contribution in [2.24, 2.45) is 5.92 Å². The summed E-state index contributed by atoms with van der Waals surface area (Å²) in [7, 11) is 0.655. The fraction of sp³-hybridized carbons (Fsp3) is 0.520. The zero-order valence-corrected chi connectivity index (χ0v) is 23.1. The van der Waals surface area contributed by atoms with E-state index in [1.54, 1.807) is 19.2 Å². The SMILES string of the molecule is CC(C)S(=O)(=O)c1csc(CNCC2CCC(Nc3nc(N(C)C)c4ccccc4n3)CC2)c1Cl. The highest BCUT2D eigenvalue weighted by atomic mass is 35.5. The highest BCUT2D eigenvalue weighted by Gasteiger charge is 2.26. The molecule has 0 spiro atoms. The fourth-order valence-corrected chi connectivity index (χ4v) is 7.51. The zero-order chi connectivity index (χ0) is 25.2. The first-order valence-corrected chi connectivity index (χ1v) is 14.9. The molecule has 1 saturated carbocycles. The van der Waals surface area contributed by atoms with Crippen molar-refractivity contribution >= 4 is 55.4 Å². The van der Waals surface area contributed by atoms with Gasteiger partial charge in [-0.25, -0.2) is 13.4 Å². The predicted octanol–water partition coefficient (Wildman–Crippen LogP) is 5.35. The molecule has 35 heavy (non-hydrogen) atoms. The van der Waals surface area contributed by atoms with Crippen LogP contribution < -0.4 is 15.5 Å². The number of benzene rings is 1. The third kappa shape index (κ3) is 5.90. The Morgan fingerprint density at radius 3 is 2.54 bits per heavy atom. The quantitative estimate of drug-likeness (QED) is 0.381. The van der Waals surface area contributed by atoms with Crippen molar-refractivity contribution in [3.8, 4) is 0 Å². The lowest BCUT2D eigenvalue weighted by molar-refractivity contribution is 0.324. The second-order valence-electron chi connectivity index (χ2n) is 9.71. The summed E-state index contributed by atoms with van der Waals surface area (Å²) < 4.78 is 24.9. The second kappa shape index (κ2) is 11.0. The standard InChI is InChI=1S/C25H34ClN5O2S2/c1-16(2)35(32,33)22-15-34-21(23(22)26)14-27-13-17-9-11-18(12-10-17)28-25-29-20-8-6-5-7-19(20)24(30-25)31(3)4/h5-8,15-18,27H,9-14H2,1-4H3,(H,28,29,30). The van der Waals surface area contributed by atoms with Crippen molar-refractivity contribution in [1.29, 1.82) is 0 Å². The summed E-state index contributed by atoms with van der Waals surface area (Å²) >= 11 is 7.82. The minimum Gasteiger partial charge on any atom is -0.362 e. The molecule has 1 fully saturated rings. The Labute approximate surface area is 217 Å². The molecule has 0 bridgehead atoms. The molecule has 2 N–H and O–H groups in total. The van der Waals surface area contributed by atoms with Crippen molar-refractivity contribution < 1.29 is 8.42 Å². The number of sulfone groups is 1. The van der Waals surface area contributed by atoms with E-state index in [0.717, 1.165) is 53.8 Å². The van der Waals surface area contributed by atoms with Gasteiger partial charge >= 0.3 is 0 Å². The topological polar surface area (TPSA) is 87.2 Å². The molecule has 0 saturated heterocycles. The third-order valence-corrected chi connectivity index (χ3v) is 10.6. The van der Waals surface area contributed by atoms with Crippen LogP contribution in [0.5, 0.6) is 0 Å². The molecule has 190 valence electrons. The second-order valence-corrected chi connectivity index (χ2v) is 13.5. The van der Waals surface area contributed by atoms with Crippen molar-refractivity contribution in [3.05, 3.63) is 39.5 Å². The van der Waals surface area contributed by atoms with Crippen molar-refractivity contribution in [2.45, 2.75) is 62.3 Å². The highest BCUT2D eigenvalue weighted by molar-refractivity contribution is 7.92. The average molecular weight is 536 g/mol. The van der Waals surface area contributed by atoms with Gasteiger partial charge in [0.2, 0.25) is 5.95 Å². The number of hydrogen-bond donors (Lipinski definition) is 2. The number of halogens is 1.